The zero-order valence-corrected chi connectivity index (χ0v) is 9.76. The number of hydrogen-bond acceptors (Lipinski definition) is 1. The molecule has 0 aromatic carbocycles. The van der Waals surface area contributed by atoms with E-state index in [1.54, 1.807) is 0 Å². The highest BCUT2D eigenvalue weighted by atomic mass is 32.2. The minimum Gasteiger partial charge on any atom is -0.251 e. The highest BCUT2D eigenvalue weighted by Gasteiger charge is 2.24. The SMILES string of the molecule is CC(C)(C)[S@@](N)=O.CCCC(F)(F)F. The van der Waals surface area contributed by atoms with E-state index in [4.69, 9.17) is 5.14 Å². The van der Waals surface area contributed by atoms with Crippen LogP contribution in [0.2, 0.25) is 0 Å². The molecule has 88 valence electrons. The summed E-state index contributed by atoms with van der Waals surface area (Å²) in [6.07, 6.45) is -4.43. The summed E-state index contributed by atoms with van der Waals surface area (Å²) in [4.78, 5) is 0. The third-order valence-electron chi connectivity index (χ3n) is 1.14. The van der Waals surface area contributed by atoms with Crippen LogP contribution in [0.4, 0.5) is 13.2 Å². The summed E-state index contributed by atoms with van der Waals surface area (Å²) >= 11 is 0. The Labute approximate surface area is 85.6 Å². The Morgan fingerprint density at radius 3 is 1.50 bits per heavy atom. The zero-order chi connectivity index (χ0) is 12.0. The van der Waals surface area contributed by atoms with Gasteiger partial charge in [0.2, 0.25) is 0 Å². The molecule has 0 aromatic heterocycles. The second kappa shape index (κ2) is 6.40. The van der Waals surface area contributed by atoms with Gasteiger partial charge in [-0.05, 0) is 27.2 Å². The fourth-order valence-corrected chi connectivity index (χ4v) is 0.283. The molecule has 0 bridgehead atoms. The van der Waals surface area contributed by atoms with Gasteiger partial charge in [-0.25, -0.2) is 4.21 Å². The molecule has 0 saturated carbocycles. The number of hydrogen-bond donors (Lipinski definition) is 1. The molecule has 0 amide bonds. The molecule has 0 heterocycles. The van der Waals surface area contributed by atoms with Gasteiger partial charge in [0.1, 0.15) is 0 Å². The number of rotatable bonds is 1. The van der Waals surface area contributed by atoms with Crippen LogP contribution in [0.15, 0.2) is 0 Å². The lowest BCUT2D eigenvalue weighted by Gasteiger charge is -2.11. The third-order valence-corrected chi connectivity index (χ3v) is 2.34. The number of halogens is 3. The lowest BCUT2D eigenvalue weighted by molar-refractivity contribution is -0.134. The Hall–Kier alpha value is -0.100. The molecule has 0 rings (SSSR count). The molecule has 1 atom stereocenters. The summed E-state index contributed by atoms with van der Waals surface area (Å²) in [7, 11) is -1.18. The third kappa shape index (κ3) is 14.4. The lowest BCUT2D eigenvalue weighted by atomic mass is 10.3. The van der Waals surface area contributed by atoms with E-state index in [0.717, 1.165) is 0 Å². The first-order valence-electron chi connectivity index (χ1n) is 4.23. The minimum absolute atomic E-state index is 0.184. The summed E-state index contributed by atoms with van der Waals surface area (Å²) in [6.45, 7) is 7.02. The van der Waals surface area contributed by atoms with Gasteiger partial charge in [0.15, 0.2) is 0 Å². The van der Waals surface area contributed by atoms with Crippen LogP contribution in [0.25, 0.3) is 0 Å². The summed E-state index contributed by atoms with van der Waals surface area (Å²) in [5, 5.41) is 5.04. The van der Waals surface area contributed by atoms with Crippen LogP contribution in [-0.2, 0) is 11.0 Å². The van der Waals surface area contributed by atoms with Crippen molar-refractivity contribution in [2.75, 3.05) is 0 Å². The van der Waals surface area contributed by atoms with E-state index in [2.05, 4.69) is 0 Å². The van der Waals surface area contributed by atoms with Crippen LogP contribution in [0.5, 0.6) is 0 Å². The summed E-state index contributed by atoms with van der Waals surface area (Å²) in [6, 6.07) is 0. The van der Waals surface area contributed by atoms with Crippen LogP contribution >= 0.6 is 0 Å². The highest BCUT2D eigenvalue weighted by Crippen LogP contribution is 2.20. The molecule has 2 N–H and O–H groups in total. The van der Waals surface area contributed by atoms with Crippen molar-refractivity contribution in [3.63, 3.8) is 0 Å². The Balaban J connectivity index is 0. The molecule has 0 aliphatic heterocycles. The average Bonchev–Trinajstić information content (AvgIpc) is 1.82. The van der Waals surface area contributed by atoms with Crippen molar-refractivity contribution in [2.24, 2.45) is 5.14 Å². The Morgan fingerprint density at radius 1 is 1.21 bits per heavy atom. The van der Waals surface area contributed by atoms with Gasteiger partial charge in [-0.2, -0.15) is 13.2 Å². The van der Waals surface area contributed by atoms with Gasteiger partial charge < -0.3 is 0 Å². The predicted octanol–water partition coefficient (Wildman–Crippen LogP) is 2.76. The normalized spacial score (nSPS) is 14.3. The molecule has 2 nitrogen and oxygen atoms in total. The molecule has 0 aromatic rings. The van der Waals surface area contributed by atoms with Gasteiger partial charge in [0.05, 0.1) is 15.7 Å². The topological polar surface area (TPSA) is 43.1 Å². The van der Waals surface area contributed by atoms with Gasteiger partial charge in [-0.3, -0.25) is 5.14 Å². The van der Waals surface area contributed by atoms with E-state index < -0.39 is 23.6 Å². The quantitative estimate of drug-likeness (QED) is 0.743. The van der Waals surface area contributed by atoms with Crippen LogP contribution in [0.3, 0.4) is 0 Å². The van der Waals surface area contributed by atoms with Crippen molar-refractivity contribution >= 4 is 11.0 Å². The fourth-order valence-electron chi connectivity index (χ4n) is 0.283. The first-order valence-corrected chi connectivity index (χ1v) is 5.45. The van der Waals surface area contributed by atoms with Crippen molar-refractivity contribution in [2.45, 2.75) is 51.5 Å². The molecule has 0 saturated heterocycles. The van der Waals surface area contributed by atoms with Crippen molar-refractivity contribution in [3.8, 4) is 0 Å². The Morgan fingerprint density at radius 2 is 1.50 bits per heavy atom. The molecule has 0 radical (unpaired) electrons. The Kier molecular flexibility index (Phi) is 7.46. The zero-order valence-electron chi connectivity index (χ0n) is 8.94. The second-order valence-electron chi connectivity index (χ2n) is 3.77. The smallest absolute Gasteiger partial charge is 0.251 e. The first kappa shape index (κ1) is 16.3. The van der Waals surface area contributed by atoms with E-state index in [0.29, 0.717) is 0 Å². The average molecular weight is 233 g/mol. The highest BCUT2D eigenvalue weighted by molar-refractivity contribution is 7.84. The monoisotopic (exact) mass is 233 g/mol. The fraction of sp³-hybridized carbons (Fsp3) is 1.00. The largest absolute Gasteiger partial charge is 0.389 e. The van der Waals surface area contributed by atoms with E-state index in [1.165, 1.54) is 6.92 Å². The standard InChI is InChI=1S/C4H7F3.C4H11NOS/c1-2-3-4(5,6)7;1-4(2,3)7(5)6/h2-3H2,1H3;5H2,1-3H3/t;7-/m.0/s1. The number of alkyl halides is 3. The van der Waals surface area contributed by atoms with Crippen LogP contribution in [-0.4, -0.2) is 15.1 Å². The van der Waals surface area contributed by atoms with Crippen molar-refractivity contribution in [1.82, 2.24) is 0 Å². The first-order chi connectivity index (χ1) is 6.00. The molecule has 0 fully saturated rings. The van der Waals surface area contributed by atoms with Gasteiger partial charge >= 0.3 is 6.18 Å². The minimum atomic E-state index is -3.95. The van der Waals surface area contributed by atoms with E-state index in [1.807, 2.05) is 20.8 Å². The molecule has 14 heavy (non-hydrogen) atoms. The lowest BCUT2D eigenvalue weighted by Crippen LogP contribution is -2.27. The molecule has 0 aliphatic carbocycles. The second-order valence-corrected chi connectivity index (χ2v) is 5.59. The van der Waals surface area contributed by atoms with Crippen molar-refractivity contribution < 1.29 is 17.4 Å². The van der Waals surface area contributed by atoms with Gasteiger partial charge in [0, 0.05) is 6.42 Å². The van der Waals surface area contributed by atoms with Crippen LogP contribution in [0, 0.1) is 0 Å². The van der Waals surface area contributed by atoms with Gasteiger partial charge in [0.25, 0.3) is 0 Å². The molecule has 0 spiro atoms. The predicted molar refractivity (Wildman–Crippen MR) is 53.0 cm³/mol. The van der Waals surface area contributed by atoms with Gasteiger partial charge in [-0.1, -0.05) is 6.92 Å². The van der Waals surface area contributed by atoms with E-state index in [-0.39, 0.29) is 11.2 Å². The van der Waals surface area contributed by atoms with Crippen LogP contribution < -0.4 is 5.14 Å². The van der Waals surface area contributed by atoms with E-state index >= 15 is 0 Å². The molecular weight excluding hydrogens is 215 g/mol. The molecule has 6 heteroatoms. The Bertz CT molecular complexity index is 174. The summed E-state index contributed by atoms with van der Waals surface area (Å²) in [5.41, 5.74) is 0. The molecule has 0 aliphatic rings. The summed E-state index contributed by atoms with van der Waals surface area (Å²) < 4.78 is 43.3. The molecule has 0 unspecified atom stereocenters. The molecular formula is C8H18F3NOS. The maximum absolute atomic E-state index is 11.1. The van der Waals surface area contributed by atoms with Crippen LogP contribution in [0.1, 0.15) is 40.5 Å². The van der Waals surface area contributed by atoms with E-state index in [9.17, 15) is 17.4 Å². The maximum atomic E-state index is 11.1. The number of nitrogens with two attached hydrogens (primary N) is 1. The van der Waals surface area contributed by atoms with Gasteiger partial charge in [-0.15, -0.1) is 0 Å². The van der Waals surface area contributed by atoms with Crippen molar-refractivity contribution in [3.05, 3.63) is 0 Å². The van der Waals surface area contributed by atoms with Crippen molar-refractivity contribution in [1.29, 1.82) is 0 Å². The summed E-state index contributed by atoms with van der Waals surface area (Å²) in [5.74, 6) is 0. The maximum Gasteiger partial charge on any atom is 0.389 e.